The maximum Gasteiger partial charge on any atom is 0.220 e. The van der Waals surface area contributed by atoms with Gasteiger partial charge in [0.1, 0.15) is 5.01 Å². The van der Waals surface area contributed by atoms with E-state index in [4.69, 9.17) is 0 Å². The van der Waals surface area contributed by atoms with Gasteiger partial charge in [0.25, 0.3) is 0 Å². The van der Waals surface area contributed by atoms with Gasteiger partial charge in [0.15, 0.2) is 0 Å². The normalized spacial score (nSPS) is 15.5. The molecule has 122 valence electrons. The zero-order valence-electron chi connectivity index (χ0n) is 13.1. The fraction of sp³-hybridized carbons (Fsp3) is 0.471. The number of carbonyl (C=O) groups is 1. The molecule has 0 spiro atoms. The predicted molar refractivity (Wildman–Crippen MR) is 92.0 cm³/mol. The highest BCUT2D eigenvalue weighted by Gasteiger charge is 2.14. The van der Waals surface area contributed by atoms with Crippen LogP contribution in [0.25, 0.3) is 11.3 Å². The average Bonchev–Trinajstić information content (AvgIpc) is 3.09. The Hall–Kier alpha value is -1.79. The van der Waals surface area contributed by atoms with Gasteiger partial charge in [-0.2, -0.15) is 0 Å². The number of nitrogens with zero attached hydrogens (tertiary/aromatic N) is 2. The van der Waals surface area contributed by atoms with Crippen molar-refractivity contribution in [2.75, 3.05) is 13.1 Å². The Morgan fingerprint density at radius 1 is 1.30 bits per heavy atom. The molecule has 5 nitrogen and oxygen atoms in total. The number of rotatable bonds is 6. The molecule has 0 atom stereocenters. The first-order valence-electron chi connectivity index (χ1n) is 8.13. The van der Waals surface area contributed by atoms with Crippen LogP contribution in [0.1, 0.15) is 30.7 Å². The smallest absolute Gasteiger partial charge is 0.220 e. The number of piperidine rings is 1. The Bertz CT molecular complexity index is 623. The third-order valence-corrected chi connectivity index (χ3v) is 5.05. The van der Waals surface area contributed by atoms with Gasteiger partial charge in [-0.05, 0) is 50.4 Å². The minimum Gasteiger partial charge on any atom is -0.350 e. The average molecular weight is 330 g/mol. The molecule has 0 aliphatic carbocycles. The Morgan fingerprint density at radius 2 is 2.09 bits per heavy atom. The lowest BCUT2D eigenvalue weighted by atomic mass is 9.93. The molecule has 0 saturated carbocycles. The summed E-state index contributed by atoms with van der Waals surface area (Å²) in [5.41, 5.74) is 2.00. The Labute approximate surface area is 140 Å². The Morgan fingerprint density at radius 3 is 2.87 bits per heavy atom. The number of hydrogen-bond acceptors (Lipinski definition) is 5. The molecule has 1 aliphatic heterocycles. The number of aromatic nitrogens is 2. The highest BCUT2D eigenvalue weighted by Crippen LogP contribution is 2.21. The van der Waals surface area contributed by atoms with E-state index in [0.717, 1.165) is 35.8 Å². The summed E-state index contributed by atoms with van der Waals surface area (Å²) in [7, 11) is 0. The van der Waals surface area contributed by atoms with Crippen LogP contribution in [0, 0.1) is 5.92 Å². The summed E-state index contributed by atoms with van der Waals surface area (Å²) in [4.78, 5) is 20.6. The van der Waals surface area contributed by atoms with Crippen molar-refractivity contribution in [3.05, 3.63) is 34.9 Å². The highest BCUT2D eigenvalue weighted by molar-refractivity contribution is 7.09. The number of nitrogens with one attached hydrogen (secondary N) is 2. The first-order chi connectivity index (χ1) is 11.3. The molecule has 0 unspecified atom stereocenters. The molecule has 0 bridgehead atoms. The van der Waals surface area contributed by atoms with Crippen molar-refractivity contribution in [2.45, 2.75) is 32.2 Å². The summed E-state index contributed by atoms with van der Waals surface area (Å²) in [5, 5.41) is 9.29. The van der Waals surface area contributed by atoms with E-state index in [2.05, 4.69) is 20.6 Å². The maximum absolute atomic E-state index is 12.0. The van der Waals surface area contributed by atoms with Gasteiger partial charge in [0.2, 0.25) is 5.91 Å². The number of thiazole rings is 1. The topological polar surface area (TPSA) is 66.9 Å². The van der Waals surface area contributed by atoms with E-state index in [-0.39, 0.29) is 5.91 Å². The second kappa shape index (κ2) is 8.17. The van der Waals surface area contributed by atoms with E-state index >= 15 is 0 Å². The molecule has 1 saturated heterocycles. The van der Waals surface area contributed by atoms with Crippen LogP contribution in [-0.4, -0.2) is 29.0 Å². The van der Waals surface area contributed by atoms with Gasteiger partial charge >= 0.3 is 0 Å². The molecule has 1 aliphatic rings. The lowest BCUT2D eigenvalue weighted by Gasteiger charge is -2.22. The van der Waals surface area contributed by atoms with Crippen LogP contribution in [-0.2, 0) is 11.3 Å². The van der Waals surface area contributed by atoms with Crippen LogP contribution < -0.4 is 10.6 Å². The number of pyridine rings is 1. The van der Waals surface area contributed by atoms with E-state index in [1.807, 2.05) is 17.5 Å². The third kappa shape index (κ3) is 4.84. The quantitative estimate of drug-likeness (QED) is 0.854. The van der Waals surface area contributed by atoms with Gasteiger partial charge in [0, 0.05) is 29.8 Å². The van der Waals surface area contributed by atoms with E-state index in [9.17, 15) is 4.79 Å². The number of amides is 1. The van der Waals surface area contributed by atoms with E-state index < -0.39 is 0 Å². The van der Waals surface area contributed by atoms with Crippen molar-refractivity contribution in [1.82, 2.24) is 20.6 Å². The zero-order valence-corrected chi connectivity index (χ0v) is 13.9. The fourth-order valence-electron chi connectivity index (χ4n) is 2.82. The van der Waals surface area contributed by atoms with Gasteiger partial charge in [-0.25, -0.2) is 4.98 Å². The lowest BCUT2D eigenvalue weighted by molar-refractivity contribution is -0.121. The molecule has 0 aromatic carbocycles. The first kappa shape index (κ1) is 16.1. The van der Waals surface area contributed by atoms with Crippen LogP contribution in [0.15, 0.2) is 29.9 Å². The van der Waals surface area contributed by atoms with Crippen molar-refractivity contribution in [2.24, 2.45) is 5.92 Å². The highest BCUT2D eigenvalue weighted by atomic mass is 32.1. The summed E-state index contributed by atoms with van der Waals surface area (Å²) in [6, 6.07) is 3.88. The molecular formula is C17H22N4OS. The molecule has 23 heavy (non-hydrogen) atoms. The lowest BCUT2D eigenvalue weighted by Crippen LogP contribution is -2.29. The van der Waals surface area contributed by atoms with Gasteiger partial charge in [0.05, 0.1) is 12.2 Å². The Kier molecular flexibility index (Phi) is 5.71. The van der Waals surface area contributed by atoms with Gasteiger partial charge < -0.3 is 10.6 Å². The summed E-state index contributed by atoms with van der Waals surface area (Å²) in [5.74, 6) is 0.823. The van der Waals surface area contributed by atoms with Crippen molar-refractivity contribution < 1.29 is 4.79 Å². The summed E-state index contributed by atoms with van der Waals surface area (Å²) < 4.78 is 0. The molecule has 1 fully saturated rings. The summed E-state index contributed by atoms with van der Waals surface area (Å²) in [6.45, 7) is 2.69. The van der Waals surface area contributed by atoms with Crippen LogP contribution in [0.2, 0.25) is 0 Å². The second-order valence-corrected chi connectivity index (χ2v) is 6.81. The number of hydrogen-bond donors (Lipinski definition) is 2. The minimum atomic E-state index is 0.129. The van der Waals surface area contributed by atoms with E-state index in [0.29, 0.717) is 18.9 Å². The van der Waals surface area contributed by atoms with Crippen molar-refractivity contribution in [3.8, 4) is 11.3 Å². The van der Waals surface area contributed by atoms with Crippen LogP contribution >= 0.6 is 11.3 Å². The molecule has 2 aromatic heterocycles. The van der Waals surface area contributed by atoms with Crippen LogP contribution in [0.4, 0.5) is 0 Å². The zero-order chi connectivity index (χ0) is 15.9. The monoisotopic (exact) mass is 330 g/mol. The molecule has 2 aromatic rings. The first-order valence-corrected chi connectivity index (χ1v) is 9.01. The second-order valence-electron chi connectivity index (χ2n) is 5.87. The van der Waals surface area contributed by atoms with Crippen molar-refractivity contribution in [3.63, 3.8) is 0 Å². The predicted octanol–water partition coefficient (Wildman–Crippen LogP) is 2.60. The fourth-order valence-corrected chi connectivity index (χ4v) is 3.56. The van der Waals surface area contributed by atoms with Crippen LogP contribution in [0.5, 0.6) is 0 Å². The van der Waals surface area contributed by atoms with Gasteiger partial charge in [-0.1, -0.05) is 0 Å². The largest absolute Gasteiger partial charge is 0.350 e. The summed E-state index contributed by atoms with van der Waals surface area (Å²) >= 11 is 1.58. The minimum absolute atomic E-state index is 0.129. The molecular weight excluding hydrogens is 308 g/mol. The van der Waals surface area contributed by atoms with E-state index in [1.54, 1.807) is 23.7 Å². The van der Waals surface area contributed by atoms with Crippen molar-refractivity contribution in [1.29, 1.82) is 0 Å². The van der Waals surface area contributed by atoms with Crippen molar-refractivity contribution >= 4 is 17.2 Å². The van der Waals surface area contributed by atoms with Crippen LogP contribution in [0.3, 0.4) is 0 Å². The summed E-state index contributed by atoms with van der Waals surface area (Å²) in [6.07, 6.45) is 7.51. The molecule has 3 heterocycles. The molecule has 3 rings (SSSR count). The molecule has 1 amide bonds. The SMILES string of the molecule is O=C(CCC1CCNCC1)NCc1nc(-c2ccncc2)cs1. The third-order valence-electron chi connectivity index (χ3n) is 4.20. The van der Waals surface area contributed by atoms with Gasteiger partial charge in [-0.3, -0.25) is 9.78 Å². The van der Waals surface area contributed by atoms with Gasteiger partial charge in [-0.15, -0.1) is 11.3 Å². The maximum atomic E-state index is 12.0. The van der Waals surface area contributed by atoms with E-state index in [1.165, 1.54) is 12.8 Å². The molecule has 0 radical (unpaired) electrons. The standard InChI is InChI=1S/C17H22N4OS/c22-16(2-1-13-3-7-18-8-4-13)20-11-17-21-15(12-23-17)14-5-9-19-10-6-14/h5-6,9-10,12-13,18H,1-4,7-8,11H2,(H,20,22). The molecule has 2 N–H and O–H groups in total. The Balaban J connectivity index is 1.43. The number of carbonyl (C=O) groups excluding carboxylic acids is 1. The molecule has 6 heteroatoms.